The summed E-state index contributed by atoms with van der Waals surface area (Å²) >= 11 is 3.16. The summed E-state index contributed by atoms with van der Waals surface area (Å²) < 4.78 is 24.8. The van der Waals surface area contributed by atoms with Crippen molar-refractivity contribution in [3.8, 4) is 0 Å². The maximum Gasteiger partial charge on any atom is 0.235 e. The number of anilines is 1. The third-order valence-corrected chi connectivity index (χ3v) is 5.56. The van der Waals surface area contributed by atoms with E-state index in [1.54, 1.807) is 0 Å². The first-order valence-corrected chi connectivity index (χ1v) is 8.61. The van der Waals surface area contributed by atoms with Crippen LogP contribution in [0.15, 0.2) is 27.6 Å². The number of nitrogens with one attached hydrogen (secondary N) is 1. The molecule has 0 saturated heterocycles. The molecule has 1 aromatic carbocycles. The van der Waals surface area contributed by atoms with Crippen molar-refractivity contribution in [2.75, 3.05) is 11.5 Å². The van der Waals surface area contributed by atoms with E-state index in [1.165, 1.54) is 18.2 Å². The van der Waals surface area contributed by atoms with Gasteiger partial charge in [-0.25, -0.2) is 8.42 Å². The van der Waals surface area contributed by atoms with Crippen molar-refractivity contribution in [3.63, 3.8) is 0 Å². The summed E-state index contributed by atoms with van der Waals surface area (Å²) in [5.41, 5.74) is 5.59. The van der Waals surface area contributed by atoms with E-state index in [0.717, 1.165) is 0 Å². The number of hydrogen-bond donors (Lipinski definition) is 2. The quantitative estimate of drug-likeness (QED) is 0.784. The highest BCUT2D eigenvalue weighted by Crippen LogP contribution is 2.25. The predicted octanol–water partition coefficient (Wildman–Crippen LogP) is 2.11. The fourth-order valence-electron chi connectivity index (χ4n) is 1.52. The number of halogens is 1. The lowest BCUT2D eigenvalue weighted by Crippen LogP contribution is -2.45. The molecule has 1 rings (SSSR count). The van der Waals surface area contributed by atoms with Gasteiger partial charge in [0.25, 0.3) is 0 Å². The van der Waals surface area contributed by atoms with Crippen LogP contribution in [0.5, 0.6) is 0 Å². The van der Waals surface area contributed by atoms with Crippen LogP contribution in [-0.2, 0) is 14.6 Å². The summed E-state index contributed by atoms with van der Waals surface area (Å²) in [4.78, 5) is 11.9. The number of benzene rings is 1. The van der Waals surface area contributed by atoms with E-state index in [-0.39, 0.29) is 4.90 Å². The van der Waals surface area contributed by atoms with Crippen LogP contribution in [0, 0.1) is 0 Å². The molecule has 1 aromatic rings. The van der Waals surface area contributed by atoms with Crippen molar-refractivity contribution in [1.29, 1.82) is 0 Å². The molecular weight excluding hydrogens is 344 g/mol. The van der Waals surface area contributed by atoms with Gasteiger partial charge in [0.15, 0.2) is 9.84 Å². The highest BCUT2D eigenvalue weighted by molar-refractivity contribution is 9.10. The Labute approximate surface area is 128 Å². The zero-order chi connectivity index (χ0) is 15.6. The third kappa shape index (κ3) is 4.49. The summed E-state index contributed by atoms with van der Waals surface area (Å²) in [5.74, 6) is -1.10. The van der Waals surface area contributed by atoms with Gasteiger partial charge in [-0.15, -0.1) is 0 Å². The standard InChI is InChI=1S/C13H19BrN2O3S/c1-4-13(2,3)16-12(17)8-20(18,19)11-6-5-9(15)7-10(11)14/h5-7H,4,8,15H2,1-3H3,(H,16,17). The fourth-order valence-corrected chi connectivity index (χ4v) is 3.86. The number of nitrogen functional groups attached to an aromatic ring is 1. The molecule has 20 heavy (non-hydrogen) atoms. The summed E-state index contributed by atoms with van der Waals surface area (Å²) in [7, 11) is -3.70. The molecule has 0 heterocycles. The molecule has 0 radical (unpaired) electrons. The zero-order valence-corrected chi connectivity index (χ0v) is 14.1. The van der Waals surface area contributed by atoms with Crippen LogP contribution in [0.2, 0.25) is 0 Å². The van der Waals surface area contributed by atoms with Crippen LogP contribution in [0.4, 0.5) is 5.69 Å². The maximum absolute atomic E-state index is 12.2. The lowest BCUT2D eigenvalue weighted by Gasteiger charge is -2.24. The molecule has 0 fully saturated rings. The molecule has 0 atom stereocenters. The summed E-state index contributed by atoms with van der Waals surface area (Å²) in [5, 5.41) is 2.70. The smallest absolute Gasteiger partial charge is 0.235 e. The van der Waals surface area contributed by atoms with Crippen molar-refractivity contribution >= 4 is 37.4 Å². The monoisotopic (exact) mass is 362 g/mol. The second kappa shape index (κ2) is 6.13. The van der Waals surface area contributed by atoms with E-state index >= 15 is 0 Å². The van der Waals surface area contributed by atoms with Crippen LogP contribution in [0.25, 0.3) is 0 Å². The van der Waals surface area contributed by atoms with E-state index in [2.05, 4.69) is 21.2 Å². The molecule has 0 aliphatic heterocycles. The summed E-state index contributed by atoms with van der Waals surface area (Å²) in [6.45, 7) is 5.61. The summed E-state index contributed by atoms with van der Waals surface area (Å²) in [6.07, 6.45) is 0.713. The van der Waals surface area contributed by atoms with E-state index in [9.17, 15) is 13.2 Å². The maximum atomic E-state index is 12.2. The molecule has 0 saturated carbocycles. The largest absolute Gasteiger partial charge is 0.399 e. The normalized spacial score (nSPS) is 12.2. The molecule has 0 aromatic heterocycles. The van der Waals surface area contributed by atoms with Gasteiger partial charge in [-0.1, -0.05) is 6.92 Å². The lowest BCUT2D eigenvalue weighted by molar-refractivity contribution is -0.120. The van der Waals surface area contributed by atoms with Gasteiger partial charge in [0.05, 0.1) is 4.90 Å². The molecule has 0 aliphatic carbocycles. The van der Waals surface area contributed by atoms with Gasteiger partial charge in [-0.05, 0) is 54.4 Å². The number of nitrogens with two attached hydrogens (primary N) is 1. The Bertz CT molecular complexity index is 612. The van der Waals surface area contributed by atoms with Gasteiger partial charge in [-0.2, -0.15) is 0 Å². The van der Waals surface area contributed by atoms with Gasteiger partial charge in [0.2, 0.25) is 5.91 Å². The molecule has 5 nitrogen and oxygen atoms in total. The van der Waals surface area contributed by atoms with E-state index in [4.69, 9.17) is 5.73 Å². The number of amides is 1. The van der Waals surface area contributed by atoms with Crippen molar-refractivity contribution in [1.82, 2.24) is 5.32 Å². The van der Waals surface area contributed by atoms with E-state index in [1.807, 2.05) is 20.8 Å². The second-order valence-electron chi connectivity index (χ2n) is 5.23. The molecule has 0 bridgehead atoms. The molecule has 3 N–H and O–H groups in total. The van der Waals surface area contributed by atoms with Crippen LogP contribution in [0.3, 0.4) is 0 Å². The van der Waals surface area contributed by atoms with Crippen LogP contribution < -0.4 is 11.1 Å². The van der Waals surface area contributed by atoms with Crippen LogP contribution in [0.1, 0.15) is 27.2 Å². The number of carbonyl (C=O) groups excluding carboxylic acids is 1. The minimum atomic E-state index is -3.70. The summed E-state index contributed by atoms with van der Waals surface area (Å²) in [6, 6.07) is 4.39. The highest BCUT2D eigenvalue weighted by atomic mass is 79.9. The molecule has 1 amide bonds. The second-order valence-corrected chi connectivity index (χ2v) is 8.05. The Balaban J connectivity index is 2.93. The Hall–Kier alpha value is -1.08. The number of sulfone groups is 1. The molecule has 0 aliphatic rings. The van der Waals surface area contributed by atoms with Gasteiger partial charge in [0.1, 0.15) is 5.75 Å². The highest BCUT2D eigenvalue weighted by Gasteiger charge is 2.25. The topological polar surface area (TPSA) is 89.3 Å². The van der Waals surface area contributed by atoms with Crippen molar-refractivity contribution in [3.05, 3.63) is 22.7 Å². The van der Waals surface area contributed by atoms with Crippen molar-refractivity contribution in [2.45, 2.75) is 37.6 Å². The Morgan fingerprint density at radius 2 is 2.00 bits per heavy atom. The van der Waals surface area contributed by atoms with E-state index < -0.39 is 27.0 Å². The van der Waals surface area contributed by atoms with Crippen molar-refractivity contribution < 1.29 is 13.2 Å². The Morgan fingerprint density at radius 3 is 2.50 bits per heavy atom. The third-order valence-electron chi connectivity index (χ3n) is 2.97. The molecule has 0 unspecified atom stereocenters. The first kappa shape index (κ1) is 17.0. The van der Waals surface area contributed by atoms with Crippen LogP contribution >= 0.6 is 15.9 Å². The number of rotatable bonds is 5. The average molecular weight is 363 g/mol. The molecule has 112 valence electrons. The molecule has 0 spiro atoms. The SMILES string of the molecule is CCC(C)(C)NC(=O)CS(=O)(=O)c1ccc(N)cc1Br. The first-order valence-electron chi connectivity index (χ1n) is 6.16. The predicted molar refractivity (Wildman–Crippen MR) is 83.1 cm³/mol. The fraction of sp³-hybridized carbons (Fsp3) is 0.462. The van der Waals surface area contributed by atoms with Gasteiger partial charge >= 0.3 is 0 Å². The van der Waals surface area contributed by atoms with Crippen molar-refractivity contribution in [2.24, 2.45) is 0 Å². The minimum absolute atomic E-state index is 0.0659. The molecule has 7 heteroatoms. The van der Waals surface area contributed by atoms with Gasteiger partial charge < -0.3 is 11.1 Å². The van der Waals surface area contributed by atoms with Gasteiger partial charge in [-0.3, -0.25) is 4.79 Å². The zero-order valence-electron chi connectivity index (χ0n) is 11.7. The molecular formula is C13H19BrN2O3S. The lowest BCUT2D eigenvalue weighted by atomic mass is 10.0. The van der Waals surface area contributed by atoms with Gasteiger partial charge in [0, 0.05) is 15.7 Å². The van der Waals surface area contributed by atoms with E-state index in [0.29, 0.717) is 16.6 Å². The first-order chi connectivity index (χ1) is 9.07. The van der Waals surface area contributed by atoms with Crippen LogP contribution in [-0.4, -0.2) is 25.6 Å². The Morgan fingerprint density at radius 1 is 1.40 bits per heavy atom. The number of carbonyl (C=O) groups is 1. The minimum Gasteiger partial charge on any atom is -0.399 e. The number of hydrogen-bond acceptors (Lipinski definition) is 4. The Kier molecular flexibility index (Phi) is 5.21. The average Bonchev–Trinajstić information content (AvgIpc) is 2.26.